The van der Waals surface area contributed by atoms with Crippen LogP contribution in [0.3, 0.4) is 0 Å². The van der Waals surface area contributed by atoms with Crippen molar-refractivity contribution in [1.29, 1.82) is 0 Å². The summed E-state index contributed by atoms with van der Waals surface area (Å²) in [5.74, 6) is 1.71. The van der Waals surface area contributed by atoms with Gasteiger partial charge in [0.25, 0.3) is 6.71 Å². The first-order valence-electron chi connectivity index (χ1n) is 17.3. The molecule has 0 unspecified atom stereocenters. The van der Waals surface area contributed by atoms with Crippen molar-refractivity contribution in [1.82, 2.24) is 19.1 Å². The molecule has 0 radical (unpaired) electrons. The van der Waals surface area contributed by atoms with Gasteiger partial charge in [-0.25, -0.2) is 9.97 Å². The number of para-hydroxylation sites is 6. The molecular weight excluding hydrogens is 623 g/mol. The number of fused-ring (bicyclic) bond motifs is 4. The molecule has 2 aliphatic rings. The van der Waals surface area contributed by atoms with E-state index in [4.69, 9.17) is 9.97 Å². The van der Waals surface area contributed by atoms with Crippen molar-refractivity contribution in [3.63, 3.8) is 0 Å². The number of rotatable bonds is 6. The van der Waals surface area contributed by atoms with Gasteiger partial charge in [-0.2, -0.15) is 0 Å². The van der Waals surface area contributed by atoms with Gasteiger partial charge in [0, 0.05) is 34.1 Å². The molecule has 238 valence electrons. The monoisotopic (exact) mass is 652 g/mol. The van der Waals surface area contributed by atoms with Crippen molar-refractivity contribution < 1.29 is 0 Å². The lowest BCUT2D eigenvalue weighted by Gasteiger charge is -2.35. The zero-order valence-corrected chi connectivity index (χ0v) is 27.5. The number of hydrogen-bond acceptors (Lipinski definition) is 4. The third-order valence-corrected chi connectivity index (χ3v) is 10.3. The topological polar surface area (TPSA) is 42.1 Å². The third kappa shape index (κ3) is 4.00. The number of hydrogen-bond donors (Lipinski definition) is 0. The fraction of sp³-hybridized carbons (Fsp3) is 0. The maximum absolute atomic E-state index is 5.43. The molecule has 9 aromatic rings. The molecule has 2 aliphatic heterocycles. The number of benzene rings is 7. The summed E-state index contributed by atoms with van der Waals surface area (Å²) in [4.78, 5) is 15.4. The van der Waals surface area contributed by atoms with Crippen molar-refractivity contribution in [3.05, 3.63) is 176 Å². The first kappa shape index (κ1) is 28.0. The van der Waals surface area contributed by atoms with Crippen molar-refractivity contribution in [2.24, 2.45) is 0 Å². The highest BCUT2D eigenvalue weighted by Gasteiger charge is 2.42. The molecule has 51 heavy (non-hydrogen) atoms. The highest BCUT2D eigenvalue weighted by molar-refractivity contribution is 7.00. The van der Waals surface area contributed by atoms with Gasteiger partial charge in [-0.05, 0) is 89.2 Å². The molecule has 0 saturated carbocycles. The Labute approximate surface area is 295 Å². The van der Waals surface area contributed by atoms with E-state index < -0.39 is 0 Å². The molecule has 0 atom stereocenters. The van der Waals surface area contributed by atoms with E-state index in [1.54, 1.807) is 0 Å². The van der Waals surface area contributed by atoms with Gasteiger partial charge in [-0.15, -0.1) is 0 Å². The molecule has 0 bridgehead atoms. The van der Waals surface area contributed by atoms with Gasteiger partial charge in [0.05, 0.1) is 22.1 Å². The molecule has 11 rings (SSSR count). The van der Waals surface area contributed by atoms with Crippen LogP contribution in [-0.2, 0) is 0 Å². The average molecular weight is 653 g/mol. The second kappa shape index (κ2) is 10.8. The Balaban J connectivity index is 1.23. The Morgan fingerprint density at radius 1 is 0.373 bits per heavy atom. The first-order valence-corrected chi connectivity index (χ1v) is 17.3. The summed E-state index contributed by atoms with van der Waals surface area (Å²) < 4.78 is 4.77. The van der Waals surface area contributed by atoms with Crippen LogP contribution >= 0.6 is 0 Å². The zero-order chi connectivity index (χ0) is 33.5. The van der Waals surface area contributed by atoms with Crippen LogP contribution < -0.4 is 26.2 Å². The molecule has 0 N–H and O–H groups in total. The van der Waals surface area contributed by atoms with E-state index >= 15 is 0 Å². The first-order chi connectivity index (χ1) is 25.3. The summed E-state index contributed by atoms with van der Waals surface area (Å²) in [6, 6.07) is 62.0. The minimum Gasteiger partial charge on any atom is -0.280 e. The van der Waals surface area contributed by atoms with Crippen LogP contribution in [0.2, 0.25) is 0 Å². The molecule has 2 aromatic heterocycles. The van der Waals surface area contributed by atoms with E-state index in [1.807, 2.05) is 0 Å². The van der Waals surface area contributed by atoms with Crippen molar-refractivity contribution in [2.75, 3.05) is 9.80 Å². The largest absolute Gasteiger partial charge is 0.280 e. The van der Waals surface area contributed by atoms with Gasteiger partial charge in [0.1, 0.15) is 0 Å². The predicted octanol–water partition coefficient (Wildman–Crippen LogP) is 8.45. The van der Waals surface area contributed by atoms with Crippen LogP contribution in [0.1, 0.15) is 0 Å². The van der Waals surface area contributed by atoms with E-state index in [9.17, 15) is 0 Å². The molecule has 6 nitrogen and oxygen atoms in total. The Kier molecular flexibility index (Phi) is 5.95. The molecule has 0 fully saturated rings. The minimum atomic E-state index is 0.0153. The van der Waals surface area contributed by atoms with Gasteiger partial charge < -0.3 is 0 Å². The SMILES string of the molecule is c1ccc(N(c2ccccc2)c2nc3cccc4c3n2-c2cccc3c2B4c2cccc4nc(N(c5ccccc5)c5ccccc5)n-3c24)cc1. The van der Waals surface area contributed by atoms with Gasteiger partial charge in [-0.1, -0.05) is 103 Å². The maximum atomic E-state index is 5.43. The van der Waals surface area contributed by atoms with Crippen molar-refractivity contribution in [3.8, 4) is 11.4 Å². The Morgan fingerprint density at radius 3 is 1.10 bits per heavy atom. The van der Waals surface area contributed by atoms with Crippen molar-refractivity contribution >= 4 is 79.8 Å². The molecular formula is C44H29BN6. The maximum Gasteiger partial charge on any atom is 0.252 e. The number of nitrogens with zero attached hydrogens (tertiary/aromatic N) is 6. The van der Waals surface area contributed by atoms with E-state index in [1.165, 1.54) is 16.4 Å². The van der Waals surface area contributed by atoms with E-state index in [-0.39, 0.29) is 6.71 Å². The van der Waals surface area contributed by atoms with Gasteiger partial charge >= 0.3 is 0 Å². The minimum absolute atomic E-state index is 0.0153. The van der Waals surface area contributed by atoms with Crippen LogP contribution in [0.15, 0.2) is 176 Å². The molecule has 0 spiro atoms. The van der Waals surface area contributed by atoms with Gasteiger partial charge in [0.15, 0.2) is 0 Å². The summed E-state index contributed by atoms with van der Waals surface area (Å²) in [5.41, 5.74) is 14.4. The van der Waals surface area contributed by atoms with Crippen LogP contribution in [0.25, 0.3) is 33.4 Å². The van der Waals surface area contributed by atoms with Crippen molar-refractivity contribution in [2.45, 2.75) is 0 Å². The molecule has 0 saturated heterocycles. The smallest absolute Gasteiger partial charge is 0.252 e. The fourth-order valence-corrected chi connectivity index (χ4v) is 8.28. The number of aromatic nitrogens is 4. The fourth-order valence-electron chi connectivity index (χ4n) is 8.28. The van der Waals surface area contributed by atoms with Gasteiger partial charge in [0.2, 0.25) is 11.9 Å². The molecule has 0 amide bonds. The molecule has 0 aliphatic carbocycles. The summed E-state index contributed by atoms with van der Waals surface area (Å²) in [5, 5.41) is 0. The Hall–Kier alpha value is -6.86. The van der Waals surface area contributed by atoms with Gasteiger partial charge in [-0.3, -0.25) is 18.9 Å². The van der Waals surface area contributed by atoms with Crippen LogP contribution in [-0.4, -0.2) is 25.8 Å². The lowest BCUT2D eigenvalue weighted by Crippen LogP contribution is -2.59. The number of anilines is 6. The Bertz CT molecular complexity index is 2490. The average Bonchev–Trinajstić information content (AvgIpc) is 3.77. The normalized spacial score (nSPS) is 12.3. The second-order valence-corrected chi connectivity index (χ2v) is 13.1. The van der Waals surface area contributed by atoms with E-state index in [0.717, 1.165) is 68.1 Å². The summed E-state index contributed by atoms with van der Waals surface area (Å²) >= 11 is 0. The summed E-state index contributed by atoms with van der Waals surface area (Å²) in [7, 11) is 0. The highest BCUT2D eigenvalue weighted by atomic mass is 15.3. The molecule has 4 heterocycles. The zero-order valence-electron chi connectivity index (χ0n) is 27.5. The predicted molar refractivity (Wildman–Crippen MR) is 210 cm³/mol. The van der Waals surface area contributed by atoms with Crippen LogP contribution in [0, 0.1) is 0 Å². The number of imidazole rings is 2. The lowest BCUT2D eigenvalue weighted by atomic mass is 9.34. The molecule has 7 heteroatoms. The third-order valence-electron chi connectivity index (χ3n) is 10.3. The quantitative estimate of drug-likeness (QED) is 0.169. The standard InChI is InChI=1S/C44H29BN6/c1-5-16-30(17-6-1)48(31-18-7-2-8-19-31)43-46-36-26-13-24-34-41(36)50(43)38-28-15-29-39-40(38)45(34)35-25-14-27-37-42(35)51(39)44(47-37)49(32-20-9-3-10-21-32)33-22-11-4-12-23-33/h1-29H. The van der Waals surface area contributed by atoms with Crippen LogP contribution in [0.5, 0.6) is 0 Å². The second-order valence-electron chi connectivity index (χ2n) is 13.1. The summed E-state index contributed by atoms with van der Waals surface area (Å²) in [6.07, 6.45) is 0. The highest BCUT2D eigenvalue weighted by Crippen LogP contribution is 2.42. The van der Waals surface area contributed by atoms with Crippen LogP contribution in [0.4, 0.5) is 34.6 Å². The molecule has 7 aromatic carbocycles. The van der Waals surface area contributed by atoms with E-state index in [0.29, 0.717) is 0 Å². The summed E-state index contributed by atoms with van der Waals surface area (Å²) in [6.45, 7) is 0.0153. The van der Waals surface area contributed by atoms with E-state index in [2.05, 4.69) is 195 Å². The lowest BCUT2D eigenvalue weighted by molar-refractivity contribution is 1.02. The Morgan fingerprint density at radius 2 is 0.725 bits per heavy atom.